The van der Waals surface area contributed by atoms with Gasteiger partial charge < -0.3 is 5.32 Å². The van der Waals surface area contributed by atoms with Crippen LogP contribution in [0.5, 0.6) is 0 Å². The van der Waals surface area contributed by atoms with Gasteiger partial charge in [-0.05, 0) is 25.5 Å². The van der Waals surface area contributed by atoms with Crippen molar-refractivity contribution in [1.82, 2.24) is 19.7 Å². The number of nitrogens with zero attached hydrogens (tertiary/aromatic N) is 3. The van der Waals surface area contributed by atoms with E-state index in [0.717, 1.165) is 23.7 Å². The molecular formula is C14H16N4S. The molecule has 0 atom stereocenters. The van der Waals surface area contributed by atoms with Crippen molar-refractivity contribution in [3.8, 4) is 0 Å². The fourth-order valence-corrected chi connectivity index (χ4v) is 3.13. The van der Waals surface area contributed by atoms with Gasteiger partial charge in [-0.2, -0.15) is 0 Å². The van der Waals surface area contributed by atoms with Crippen molar-refractivity contribution >= 4 is 16.3 Å². The van der Waals surface area contributed by atoms with E-state index < -0.39 is 0 Å². The summed E-state index contributed by atoms with van der Waals surface area (Å²) < 4.78 is 2.23. The van der Waals surface area contributed by atoms with Gasteiger partial charge in [-0.15, -0.1) is 11.3 Å². The van der Waals surface area contributed by atoms with Crippen LogP contribution in [0.25, 0.3) is 4.96 Å². The minimum Gasteiger partial charge on any atom is -0.307 e. The van der Waals surface area contributed by atoms with E-state index in [2.05, 4.69) is 45.0 Å². The third-order valence-corrected chi connectivity index (χ3v) is 4.12. The van der Waals surface area contributed by atoms with E-state index >= 15 is 0 Å². The minimum atomic E-state index is 0.819. The molecule has 5 heteroatoms. The van der Waals surface area contributed by atoms with Crippen LogP contribution in [-0.2, 0) is 13.1 Å². The molecule has 3 aromatic heterocycles. The van der Waals surface area contributed by atoms with Crippen molar-refractivity contribution in [2.24, 2.45) is 0 Å². The summed E-state index contributed by atoms with van der Waals surface area (Å²) in [6.45, 7) is 5.83. The molecule has 4 nitrogen and oxygen atoms in total. The molecule has 0 radical (unpaired) electrons. The van der Waals surface area contributed by atoms with Crippen LogP contribution in [0.1, 0.15) is 22.6 Å². The lowest BCUT2D eigenvalue weighted by Crippen LogP contribution is -2.15. The zero-order valence-corrected chi connectivity index (χ0v) is 11.9. The highest BCUT2D eigenvalue weighted by atomic mass is 32.1. The predicted molar refractivity (Wildman–Crippen MR) is 77.3 cm³/mol. The lowest BCUT2D eigenvalue weighted by atomic mass is 10.2. The van der Waals surface area contributed by atoms with Crippen molar-refractivity contribution < 1.29 is 0 Å². The smallest absolute Gasteiger partial charge is 0.194 e. The van der Waals surface area contributed by atoms with E-state index in [1.807, 2.05) is 12.3 Å². The van der Waals surface area contributed by atoms with Gasteiger partial charge in [0.2, 0.25) is 0 Å². The van der Waals surface area contributed by atoms with E-state index in [1.54, 1.807) is 17.5 Å². The van der Waals surface area contributed by atoms with Crippen molar-refractivity contribution in [2.45, 2.75) is 26.9 Å². The average Bonchev–Trinajstić information content (AvgIpc) is 2.92. The molecule has 0 amide bonds. The molecule has 0 aliphatic heterocycles. The highest BCUT2D eigenvalue weighted by Gasteiger charge is 2.11. The predicted octanol–water partition coefficient (Wildman–Crippen LogP) is 2.70. The molecule has 0 aromatic carbocycles. The number of pyridine rings is 1. The first-order valence-electron chi connectivity index (χ1n) is 6.27. The van der Waals surface area contributed by atoms with Crippen LogP contribution in [-0.4, -0.2) is 14.4 Å². The van der Waals surface area contributed by atoms with Crippen LogP contribution < -0.4 is 5.32 Å². The summed E-state index contributed by atoms with van der Waals surface area (Å²) in [4.78, 5) is 9.78. The summed E-state index contributed by atoms with van der Waals surface area (Å²) in [5, 5.41) is 5.60. The number of hydrogen-bond acceptors (Lipinski definition) is 4. The number of imidazole rings is 1. The highest BCUT2D eigenvalue weighted by Crippen LogP contribution is 2.20. The summed E-state index contributed by atoms with van der Waals surface area (Å²) in [6.07, 6.45) is 3.69. The van der Waals surface area contributed by atoms with Gasteiger partial charge in [-0.25, -0.2) is 4.98 Å². The van der Waals surface area contributed by atoms with Crippen molar-refractivity contribution in [3.05, 3.63) is 52.6 Å². The Morgan fingerprint density at radius 2 is 2.21 bits per heavy atom. The van der Waals surface area contributed by atoms with Crippen molar-refractivity contribution in [2.75, 3.05) is 0 Å². The summed E-state index contributed by atoms with van der Waals surface area (Å²) in [6, 6.07) is 4.04. The van der Waals surface area contributed by atoms with E-state index in [9.17, 15) is 0 Å². The lowest BCUT2D eigenvalue weighted by molar-refractivity contribution is 0.669. The molecule has 0 bridgehead atoms. The fourth-order valence-electron chi connectivity index (χ4n) is 2.20. The topological polar surface area (TPSA) is 42.2 Å². The van der Waals surface area contributed by atoms with Crippen molar-refractivity contribution in [3.63, 3.8) is 0 Å². The van der Waals surface area contributed by atoms with Gasteiger partial charge in [0.1, 0.15) is 0 Å². The Morgan fingerprint density at radius 3 is 3.00 bits per heavy atom. The number of fused-ring (bicyclic) bond motifs is 1. The maximum absolute atomic E-state index is 4.59. The zero-order valence-electron chi connectivity index (χ0n) is 11.1. The molecule has 0 aliphatic carbocycles. The van der Waals surface area contributed by atoms with E-state index in [1.165, 1.54) is 17.0 Å². The minimum absolute atomic E-state index is 0.819. The van der Waals surface area contributed by atoms with Crippen molar-refractivity contribution in [1.29, 1.82) is 0 Å². The van der Waals surface area contributed by atoms with E-state index in [-0.39, 0.29) is 0 Å². The number of aromatic nitrogens is 3. The number of rotatable bonds is 4. The summed E-state index contributed by atoms with van der Waals surface area (Å²) in [7, 11) is 0. The molecule has 3 aromatic rings. The molecule has 3 heterocycles. The van der Waals surface area contributed by atoms with Crippen LogP contribution >= 0.6 is 11.3 Å². The molecule has 0 unspecified atom stereocenters. The Hall–Kier alpha value is -1.72. The lowest BCUT2D eigenvalue weighted by Gasteiger charge is -2.06. The maximum atomic E-state index is 4.59. The van der Waals surface area contributed by atoms with Crippen LogP contribution in [0.2, 0.25) is 0 Å². The second-order valence-electron chi connectivity index (χ2n) is 4.60. The van der Waals surface area contributed by atoms with Crippen LogP contribution in [0.3, 0.4) is 0 Å². The summed E-state index contributed by atoms with van der Waals surface area (Å²) in [5.41, 5.74) is 4.80. The Morgan fingerprint density at radius 1 is 1.32 bits per heavy atom. The Balaban J connectivity index is 1.75. The third kappa shape index (κ3) is 2.39. The van der Waals surface area contributed by atoms with Gasteiger partial charge in [0, 0.05) is 36.6 Å². The Kier molecular flexibility index (Phi) is 3.31. The number of thiazole rings is 1. The highest BCUT2D eigenvalue weighted by molar-refractivity contribution is 7.15. The van der Waals surface area contributed by atoms with Crippen LogP contribution in [0, 0.1) is 13.8 Å². The van der Waals surface area contributed by atoms with Gasteiger partial charge in [0.05, 0.1) is 11.4 Å². The summed E-state index contributed by atoms with van der Waals surface area (Å²) >= 11 is 1.69. The van der Waals surface area contributed by atoms with Gasteiger partial charge in [0.25, 0.3) is 0 Å². The quantitative estimate of drug-likeness (QED) is 0.794. The Labute approximate surface area is 116 Å². The average molecular weight is 272 g/mol. The molecule has 0 saturated carbocycles. The van der Waals surface area contributed by atoms with Gasteiger partial charge in [0.15, 0.2) is 4.96 Å². The SMILES string of the molecule is Cc1nc2scc(C)n2c1CNCc1cccnc1. The first-order chi connectivity index (χ1) is 9.25. The summed E-state index contributed by atoms with van der Waals surface area (Å²) in [5.74, 6) is 0. The molecule has 3 rings (SSSR count). The second kappa shape index (κ2) is 5.11. The first-order valence-corrected chi connectivity index (χ1v) is 7.15. The van der Waals surface area contributed by atoms with Crippen LogP contribution in [0.15, 0.2) is 29.9 Å². The molecule has 0 aliphatic rings. The fraction of sp³-hybridized carbons (Fsp3) is 0.286. The number of hydrogen-bond donors (Lipinski definition) is 1. The van der Waals surface area contributed by atoms with Gasteiger partial charge in [-0.3, -0.25) is 9.38 Å². The molecular weight excluding hydrogens is 256 g/mol. The molecule has 98 valence electrons. The number of nitrogens with one attached hydrogen (secondary N) is 1. The first kappa shape index (κ1) is 12.3. The molecule has 0 saturated heterocycles. The molecule has 19 heavy (non-hydrogen) atoms. The van der Waals surface area contributed by atoms with Gasteiger partial charge >= 0.3 is 0 Å². The monoisotopic (exact) mass is 272 g/mol. The number of aryl methyl sites for hydroxylation is 2. The van der Waals surface area contributed by atoms with E-state index in [0.29, 0.717) is 0 Å². The zero-order chi connectivity index (χ0) is 13.2. The normalized spacial score (nSPS) is 11.3. The van der Waals surface area contributed by atoms with Gasteiger partial charge in [-0.1, -0.05) is 6.07 Å². The van der Waals surface area contributed by atoms with E-state index in [4.69, 9.17) is 0 Å². The third-order valence-electron chi connectivity index (χ3n) is 3.17. The maximum Gasteiger partial charge on any atom is 0.194 e. The molecule has 0 spiro atoms. The van der Waals surface area contributed by atoms with Crippen LogP contribution in [0.4, 0.5) is 0 Å². The molecule has 1 N–H and O–H groups in total. The largest absolute Gasteiger partial charge is 0.307 e. The Bertz CT molecular complexity index is 684. The second-order valence-corrected chi connectivity index (χ2v) is 5.44. The molecule has 0 fully saturated rings. The standard InChI is InChI=1S/C14H16N4S/c1-10-9-19-14-17-11(2)13(18(10)14)8-16-7-12-4-3-5-15-6-12/h3-6,9,16H,7-8H2,1-2H3.